The lowest BCUT2D eigenvalue weighted by molar-refractivity contribution is 0.103. The van der Waals surface area contributed by atoms with E-state index in [2.05, 4.69) is 51.8 Å². The number of nitrogens with one attached hydrogen (secondary N) is 1. The van der Waals surface area contributed by atoms with E-state index in [0.29, 0.717) is 18.0 Å². The molecule has 0 saturated carbocycles. The molecule has 2 heteroatoms. The zero-order valence-electron chi connectivity index (χ0n) is 11.7. The van der Waals surface area contributed by atoms with E-state index in [0.717, 1.165) is 12.5 Å². The number of hydrogen-bond donors (Lipinski definition) is 1. The number of likely N-dealkylation sites (N-methyl/N-ethyl adjacent to an activating group) is 1. The molecule has 0 aliphatic carbocycles. The van der Waals surface area contributed by atoms with Crippen LogP contribution in [-0.2, 0) is 0 Å². The summed E-state index contributed by atoms with van der Waals surface area (Å²) >= 11 is 0. The summed E-state index contributed by atoms with van der Waals surface area (Å²) in [4.78, 5) is 2.63. The minimum absolute atomic E-state index is 0.633. The fourth-order valence-electron chi connectivity index (χ4n) is 2.10. The van der Waals surface area contributed by atoms with Crippen molar-refractivity contribution in [1.29, 1.82) is 0 Å². The van der Waals surface area contributed by atoms with Gasteiger partial charge in [-0.05, 0) is 32.7 Å². The first-order chi connectivity index (χ1) is 6.90. The van der Waals surface area contributed by atoms with Gasteiger partial charge in [0, 0.05) is 25.2 Å². The molecule has 0 heterocycles. The van der Waals surface area contributed by atoms with Crippen LogP contribution >= 0.6 is 0 Å². The van der Waals surface area contributed by atoms with Crippen molar-refractivity contribution in [2.24, 2.45) is 11.8 Å². The molecule has 0 aromatic rings. The third-order valence-electron chi connectivity index (χ3n) is 2.85. The first kappa shape index (κ1) is 14.9. The Morgan fingerprint density at radius 1 is 1.00 bits per heavy atom. The molecule has 15 heavy (non-hydrogen) atoms. The zero-order valence-corrected chi connectivity index (χ0v) is 11.7. The van der Waals surface area contributed by atoms with E-state index in [1.165, 1.54) is 6.54 Å². The van der Waals surface area contributed by atoms with Crippen molar-refractivity contribution in [3.05, 3.63) is 0 Å². The molecule has 0 aliphatic heterocycles. The van der Waals surface area contributed by atoms with Gasteiger partial charge in [-0.15, -0.1) is 0 Å². The van der Waals surface area contributed by atoms with Crippen LogP contribution in [0.5, 0.6) is 0 Å². The van der Waals surface area contributed by atoms with E-state index < -0.39 is 0 Å². The van der Waals surface area contributed by atoms with Gasteiger partial charge in [-0.2, -0.15) is 0 Å². The van der Waals surface area contributed by atoms with Crippen LogP contribution in [0.2, 0.25) is 0 Å². The monoisotopic (exact) mass is 214 g/mol. The highest BCUT2D eigenvalue weighted by atomic mass is 15.2. The molecule has 0 aromatic heterocycles. The summed E-state index contributed by atoms with van der Waals surface area (Å²) in [6.45, 7) is 16.1. The van der Waals surface area contributed by atoms with Crippen LogP contribution in [0.15, 0.2) is 0 Å². The number of hydrogen-bond acceptors (Lipinski definition) is 2. The van der Waals surface area contributed by atoms with Gasteiger partial charge in [0.2, 0.25) is 0 Å². The van der Waals surface area contributed by atoms with Gasteiger partial charge >= 0.3 is 0 Å². The van der Waals surface area contributed by atoms with Gasteiger partial charge < -0.3 is 5.32 Å². The molecule has 0 bridgehead atoms. The lowest BCUT2D eigenvalue weighted by Gasteiger charge is -2.38. The Kier molecular flexibility index (Phi) is 7.20. The molecule has 1 unspecified atom stereocenters. The van der Waals surface area contributed by atoms with Gasteiger partial charge in [0.05, 0.1) is 0 Å². The van der Waals surface area contributed by atoms with E-state index in [1.807, 2.05) is 7.05 Å². The molecular formula is C13H30N2. The second-order valence-electron chi connectivity index (χ2n) is 5.55. The van der Waals surface area contributed by atoms with Crippen LogP contribution in [0.4, 0.5) is 0 Å². The van der Waals surface area contributed by atoms with Crippen molar-refractivity contribution in [3.8, 4) is 0 Å². The Hall–Kier alpha value is -0.0800. The third kappa shape index (κ3) is 5.53. The maximum Gasteiger partial charge on any atom is 0.0246 e. The average molecular weight is 214 g/mol. The molecule has 0 amide bonds. The lowest BCUT2D eigenvalue weighted by atomic mass is 9.99. The number of rotatable bonds is 7. The molecule has 92 valence electrons. The molecule has 2 nitrogen and oxygen atoms in total. The summed E-state index contributed by atoms with van der Waals surface area (Å²) < 4.78 is 0. The van der Waals surface area contributed by atoms with Crippen LogP contribution in [0.3, 0.4) is 0 Å². The second kappa shape index (κ2) is 7.24. The van der Waals surface area contributed by atoms with Crippen LogP contribution in [0.1, 0.15) is 41.5 Å². The minimum atomic E-state index is 0.633. The van der Waals surface area contributed by atoms with Crippen molar-refractivity contribution < 1.29 is 0 Å². The molecule has 0 spiro atoms. The van der Waals surface area contributed by atoms with E-state index in [4.69, 9.17) is 0 Å². The predicted molar refractivity (Wildman–Crippen MR) is 69.2 cm³/mol. The molecule has 0 rings (SSSR count). The van der Waals surface area contributed by atoms with Gasteiger partial charge in [0.15, 0.2) is 0 Å². The topological polar surface area (TPSA) is 15.3 Å². The maximum absolute atomic E-state index is 3.32. The Labute approximate surface area is 96.4 Å². The highest BCUT2D eigenvalue weighted by Gasteiger charge is 2.23. The summed E-state index contributed by atoms with van der Waals surface area (Å²) in [5, 5.41) is 3.32. The van der Waals surface area contributed by atoms with Crippen molar-refractivity contribution in [2.75, 3.05) is 20.1 Å². The standard InChI is InChI=1S/C13H30N2/c1-10(2)9-15(12(5)6)13(8-14-7)11(3)4/h10-14H,8-9H2,1-7H3. The van der Waals surface area contributed by atoms with Crippen LogP contribution in [0, 0.1) is 11.8 Å². The van der Waals surface area contributed by atoms with Crippen LogP contribution < -0.4 is 5.32 Å². The maximum atomic E-state index is 3.32. The molecule has 0 aromatic carbocycles. The Morgan fingerprint density at radius 3 is 1.80 bits per heavy atom. The van der Waals surface area contributed by atoms with Gasteiger partial charge in [-0.1, -0.05) is 27.7 Å². The normalized spacial score (nSPS) is 14.6. The Bertz CT molecular complexity index is 153. The highest BCUT2D eigenvalue weighted by molar-refractivity contribution is 4.79. The van der Waals surface area contributed by atoms with Gasteiger partial charge in [0.1, 0.15) is 0 Å². The largest absolute Gasteiger partial charge is 0.318 e. The van der Waals surface area contributed by atoms with E-state index >= 15 is 0 Å². The first-order valence-electron chi connectivity index (χ1n) is 6.30. The summed E-state index contributed by atoms with van der Waals surface area (Å²) in [6.07, 6.45) is 0. The molecule has 0 saturated heterocycles. The van der Waals surface area contributed by atoms with Gasteiger partial charge in [-0.3, -0.25) is 4.90 Å². The Morgan fingerprint density at radius 2 is 1.53 bits per heavy atom. The lowest BCUT2D eigenvalue weighted by Crippen LogP contribution is -2.49. The van der Waals surface area contributed by atoms with Crippen molar-refractivity contribution >= 4 is 0 Å². The highest BCUT2D eigenvalue weighted by Crippen LogP contribution is 2.15. The molecule has 0 aliphatic rings. The summed E-state index contributed by atoms with van der Waals surface area (Å²) in [5.41, 5.74) is 0. The third-order valence-corrected chi connectivity index (χ3v) is 2.85. The molecule has 1 N–H and O–H groups in total. The van der Waals surface area contributed by atoms with Gasteiger partial charge in [0.25, 0.3) is 0 Å². The summed E-state index contributed by atoms with van der Waals surface area (Å²) in [7, 11) is 2.04. The minimum Gasteiger partial charge on any atom is -0.318 e. The van der Waals surface area contributed by atoms with Crippen molar-refractivity contribution in [3.63, 3.8) is 0 Å². The smallest absolute Gasteiger partial charge is 0.0246 e. The average Bonchev–Trinajstić information content (AvgIpc) is 2.09. The van der Waals surface area contributed by atoms with Crippen LogP contribution in [0.25, 0.3) is 0 Å². The SMILES string of the molecule is CNCC(C(C)C)N(CC(C)C)C(C)C. The van der Waals surface area contributed by atoms with Crippen molar-refractivity contribution in [2.45, 2.75) is 53.6 Å². The second-order valence-corrected chi connectivity index (χ2v) is 5.55. The fraction of sp³-hybridized carbons (Fsp3) is 1.00. The Balaban J connectivity index is 4.52. The van der Waals surface area contributed by atoms with E-state index in [9.17, 15) is 0 Å². The van der Waals surface area contributed by atoms with Gasteiger partial charge in [-0.25, -0.2) is 0 Å². The fourth-order valence-corrected chi connectivity index (χ4v) is 2.10. The number of nitrogens with zero attached hydrogens (tertiary/aromatic N) is 1. The molecule has 0 fully saturated rings. The van der Waals surface area contributed by atoms with Crippen molar-refractivity contribution in [1.82, 2.24) is 10.2 Å². The van der Waals surface area contributed by atoms with E-state index in [1.54, 1.807) is 0 Å². The zero-order chi connectivity index (χ0) is 12.0. The quantitative estimate of drug-likeness (QED) is 0.701. The molecular weight excluding hydrogens is 184 g/mol. The summed E-state index contributed by atoms with van der Waals surface area (Å²) in [6, 6.07) is 1.28. The van der Waals surface area contributed by atoms with Crippen LogP contribution in [-0.4, -0.2) is 37.1 Å². The van der Waals surface area contributed by atoms with E-state index in [-0.39, 0.29) is 0 Å². The predicted octanol–water partition coefficient (Wildman–Crippen LogP) is 2.60. The summed E-state index contributed by atoms with van der Waals surface area (Å²) in [5.74, 6) is 1.45. The molecule has 0 radical (unpaired) electrons. The molecule has 1 atom stereocenters. The first-order valence-corrected chi connectivity index (χ1v) is 6.30.